The monoisotopic (exact) mass is 195 g/mol. The average Bonchev–Trinajstić information content (AvgIpc) is 2.09. The van der Waals surface area contributed by atoms with Gasteiger partial charge in [-0.2, -0.15) is 5.26 Å². The van der Waals surface area contributed by atoms with Crippen LogP contribution in [0, 0.1) is 18.3 Å². The molecule has 0 aromatic heterocycles. The first-order valence-corrected chi connectivity index (χ1v) is 4.37. The van der Waals surface area contributed by atoms with Gasteiger partial charge in [0.05, 0.1) is 17.5 Å². The molecule has 0 bridgehead atoms. The van der Waals surface area contributed by atoms with E-state index in [4.69, 9.17) is 21.6 Å². The predicted molar refractivity (Wildman–Crippen MR) is 51.9 cm³/mol. The first-order chi connectivity index (χ1) is 6.24. The van der Waals surface area contributed by atoms with E-state index in [0.29, 0.717) is 23.8 Å². The molecule has 0 atom stereocenters. The molecule has 2 nitrogen and oxygen atoms in total. The van der Waals surface area contributed by atoms with Crippen molar-refractivity contribution in [2.75, 3.05) is 6.61 Å². The molecule has 1 aromatic rings. The van der Waals surface area contributed by atoms with Gasteiger partial charge in [-0.1, -0.05) is 17.7 Å². The Morgan fingerprint density at radius 3 is 2.92 bits per heavy atom. The van der Waals surface area contributed by atoms with Crippen LogP contribution in [0.15, 0.2) is 18.2 Å². The molecule has 0 unspecified atom stereocenters. The zero-order valence-corrected chi connectivity index (χ0v) is 8.14. The van der Waals surface area contributed by atoms with Crippen LogP contribution in [0.3, 0.4) is 0 Å². The van der Waals surface area contributed by atoms with E-state index in [1.165, 1.54) is 0 Å². The summed E-state index contributed by atoms with van der Waals surface area (Å²) in [5.41, 5.74) is 1.10. The Morgan fingerprint density at radius 1 is 1.54 bits per heavy atom. The van der Waals surface area contributed by atoms with E-state index in [2.05, 4.69) is 0 Å². The summed E-state index contributed by atoms with van der Waals surface area (Å²) in [6, 6.07) is 7.58. The predicted octanol–water partition coefficient (Wildman–Crippen LogP) is 2.94. The van der Waals surface area contributed by atoms with Gasteiger partial charge in [-0.05, 0) is 24.6 Å². The summed E-state index contributed by atoms with van der Waals surface area (Å²) in [5, 5.41) is 8.89. The lowest BCUT2D eigenvalue weighted by Gasteiger charge is -2.05. The Labute approximate surface area is 82.7 Å². The smallest absolute Gasteiger partial charge is 0.137 e. The van der Waals surface area contributed by atoms with Crippen molar-refractivity contribution in [2.24, 2.45) is 0 Å². The third-order valence-corrected chi connectivity index (χ3v) is 1.85. The number of nitriles is 1. The van der Waals surface area contributed by atoms with Crippen LogP contribution in [0.25, 0.3) is 0 Å². The maximum atomic E-state index is 8.29. The van der Waals surface area contributed by atoms with E-state index in [1.807, 2.05) is 31.2 Å². The van der Waals surface area contributed by atoms with E-state index in [-0.39, 0.29) is 0 Å². The van der Waals surface area contributed by atoms with Crippen LogP contribution in [-0.2, 0) is 0 Å². The number of rotatable bonds is 3. The third kappa shape index (κ3) is 2.96. The molecule has 0 N–H and O–H groups in total. The Kier molecular flexibility index (Phi) is 3.60. The van der Waals surface area contributed by atoms with Crippen LogP contribution in [0.1, 0.15) is 12.0 Å². The van der Waals surface area contributed by atoms with Crippen LogP contribution in [0.4, 0.5) is 0 Å². The summed E-state index contributed by atoms with van der Waals surface area (Å²) in [6.07, 6.45) is 0.379. The fraction of sp³-hybridized carbons (Fsp3) is 0.300. The van der Waals surface area contributed by atoms with Crippen LogP contribution in [-0.4, -0.2) is 6.61 Å². The number of halogens is 1. The molecule has 0 saturated heterocycles. The molecule has 0 fully saturated rings. The van der Waals surface area contributed by atoms with E-state index in [9.17, 15) is 0 Å². The SMILES string of the molecule is Cc1ccc(OCCC#N)c(Cl)c1. The number of aryl methyl sites for hydroxylation is 1. The highest BCUT2D eigenvalue weighted by Gasteiger charge is 2.00. The van der Waals surface area contributed by atoms with Gasteiger partial charge in [0.25, 0.3) is 0 Å². The molecule has 3 heteroatoms. The molecule has 0 aliphatic rings. The Morgan fingerprint density at radius 2 is 2.31 bits per heavy atom. The van der Waals surface area contributed by atoms with Crippen molar-refractivity contribution in [2.45, 2.75) is 13.3 Å². The minimum atomic E-state index is 0.379. The lowest BCUT2D eigenvalue weighted by atomic mass is 10.2. The van der Waals surface area contributed by atoms with E-state index in [1.54, 1.807) is 0 Å². The van der Waals surface area contributed by atoms with Crippen molar-refractivity contribution in [1.82, 2.24) is 0 Å². The summed E-state index contributed by atoms with van der Waals surface area (Å²) in [6.45, 7) is 2.35. The van der Waals surface area contributed by atoms with Gasteiger partial charge in [-0.25, -0.2) is 0 Å². The minimum absolute atomic E-state index is 0.379. The summed E-state index contributed by atoms with van der Waals surface area (Å²) >= 11 is 5.90. The molecule has 0 aliphatic heterocycles. The second-order valence-electron chi connectivity index (χ2n) is 2.69. The maximum absolute atomic E-state index is 8.29. The van der Waals surface area contributed by atoms with Crippen LogP contribution >= 0.6 is 11.6 Å². The van der Waals surface area contributed by atoms with Gasteiger partial charge in [-0.3, -0.25) is 0 Å². The summed E-state index contributed by atoms with van der Waals surface area (Å²) < 4.78 is 5.28. The Bertz CT molecular complexity index is 330. The average molecular weight is 196 g/mol. The van der Waals surface area contributed by atoms with Gasteiger partial charge < -0.3 is 4.74 Å². The molecule has 0 aliphatic carbocycles. The number of nitrogens with zero attached hydrogens (tertiary/aromatic N) is 1. The van der Waals surface area contributed by atoms with Gasteiger partial charge in [0.2, 0.25) is 0 Å². The molecule has 68 valence electrons. The van der Waals surface area contributed by atoms with Gasteiger partial charge in [-0.15, -0.1) is 0 Å². The Balaban J connectivity index is 2.62. The molecule has 1 aromatic carbocycles. The zero-order valence-electron chi connectivity index (χ0n) is 7.38. The van der Waals surface area contributed by atoms with E-state index in [0.717, 1.165) is 5.56 Å². The van der Waals surface area contributed by atoms with Gasteiger partial charge in [0, 0.05) is 0 Å². The summed E-state index contributed by atoms with van der Waals surface area (Å²) in [5.74, 6) is 0.641. The molecule has 0 amide bonds. The lowest BCUT2D eigenvalue weighted by Crippen LogP contribution is -1.96. The molecule has 1 rings (SSSR count). The molecule has 13 heavy (non-hydrogen) atoms. The van der Waals surface area contributed by atoms with Crippen molar-refractivity contribution in [1.29, 1.82) is 5.26 Å². The van der Waals surface area contributed by atoms with Crippen molar-refractivity contribution in [3.8, 4) is 11.8 Å². The minimum Gasteiger partial charge on any atom is -0.491 e. The quantitative estimate of drug-likeness (QED) is 0.695. The van der Waals surface area contributed by atoms with E-state index < -0.39 is 0 Å². The first-order valence-electron chi connectivity index (χ1n) is 4.00. The molecule has 0 saturated carbocycles. The number of ether oxygens (including phenoxy) is 1. The van der Waals surface area contributed by atoms with Gasteiger partial charge in [0.15, 0.2) is 0 Å². The molecular weight excluding hydrogens is 186 g/mol. The van der Waals surface area contributed by atoms with Crippen molar-refractivity contribution in [3.63, 3.8) is 0 Å². The highest BCUT2D eigenvalue weighted by atomic mass is 35.5. The van der Waals surface area contributed by atoms with Crippen molar-refractivity contribution >= 4 is 11.6 Å². The first kappa shape index (κ1) is 9.88. The van der Waals surface area contributed by atoms with Gasteiger partial charge in [0.1, 0.15) is 12.4 Å². The maximum Gasteiger partial charge on any atom is 0.137 e. The summed E-state index contributed by atoms with van der Waals surface area (Å²) in [4.78, 5) is 0. The number of hydrogen-bond acceptors (Lipinski definition) is 2. The van der Waals surface area contributed by atoms with E-state index >= 15 is 0 Å². The van der Waals surface area contributed by atoms with Gasteiger partial charge >= 0.3 is 0 Å². The molecule has 0 spiro atoms. The largest absolute Gasteiger partial charge is 0.491 e. The van der Waals surface area contributed by atoms with Crippen LogP contribution < -0.4 is 4.74 Å². The van der Waals surface area contributed by atoms with Crippen molar-refractivity contribution in [3.05, 3.63) is 28.8 Å². The van der Waals surface area contributed by atoms with Crippen LogP contribution in [0.2, 0.25) is 5.02 Å². The Hall–Kier alpha value is -1.20. The third-order valence-electron chi connectivity index (χ3n) is 1.56. The highest BCUT2D eigenvalue weighted by Crippen LogP contribution is 2.24. The second kappa shape index (κ2) is 4.74. The lowest BCUT2D eigenvalue weighted by molar-refractivity contribution is 0.327. The standard InChI is InChI=1S/C10H10ClNO/c1-8-3-4-10(9(11)7-8)13-6-2-5-12/h3-4,7H,2,6H2,1H3. The fourth-order valence-electron chi connectivity index (χ4n) is 0.930. The molecule has 0 radical (unpaired) electrons. The van der Waals surface area contributed by atoms with Crippen molar-refractivity contribution < 1.29 is 4.74 Å². The fourth-order valence-corrected chi connectivity index (χ4v) is 1.22. The summed E-state index contributed by atoms with van der Waals surface area (Å²) in [7, 11) is 0. The number of hydrogen-bond donors (Lipinski definition) is 0. The zero-order chi connectivity index (χ0) is 9.68. The highest BCUT2D eigenvalue weighted by molar-refractivity contribution is 6.32. The topological polar surface area (TPSA) is 33.0 Å². The normalized spacial score (nSPS) is 9.31. The molecular formula is C10H10ClNO. The van der Waals surface area contributed by atoms with Crippen LogP contribution in [0.5, 0.6) is 5.75 Å². The molecule has 0 heterocycles. The number of benzene rings is 1. The second-order valence-corrected chi connectivity index (χ2v) is 3.10.